The Hall–Kier alpha value is -1.31. The fraction of sp³-hybridized carbons (Fsp3) is 0.857. The van der Waals surface area contributed by atoms with Crippen LogP contribution in [0.25, 0.3) is 0 Å². The third kappa shape index (κ3) is 3.06. The van der Waals surface area contributed by atoms with Crippen molar-refractivity contribution in [2.45, 2.75) is 30.9 Å². The van der Waals surface area contributed by atoms with Gasteiger partial charge in [-0.25, -0.2) is 13.2 Å². The first-order valence-electron chi connectivity index (χ1n) is 7.99. The van der Waals surface area contributed by atoms with Gasteiger partial charge in [0.05, 0.1) is 17.5 Å². The lowest BCUT2D eigenvalue weighted by Gasteiger charge is -2.27. The number of hydrogen-bond donors (Lipinski definition) is 1. The van der Waals surface area contributed by atoms with E-state index in [1.165, 1.54) is 4.90 Å². The summed E-state index contributed by atoms with van der Waals surface area (Å²) in [6, 6.07) is -0.324. The van der Waals surface area contributed by atoms with E-state index < -0.39 is 15.1 Å². The quantitative estimate of drug-likeness (QED) is 0.762. The Balaban J connectivity index is 1.48. The first kappa shape index (κ1) is 15.6. The van der Waals surface area contributed by atoms with Gasteiger partial charge in [0.15, 0.2) is 9.84 Å². The molecule has 1 N–H and O–H groups in total. The largest absolute Gasteiger partial charge is 0.341 e. The second-order valence-corrected chi connectivity index (χ2v) is 8.80. The molecule has 0 radical (unpaired) electrons. The van der Waals surface area contributed by atoms with Crippen LogP contribution in [0.2, 0.25) is 0 Å². The van der Waals surface area contributed by atoms with Crippen molar-refractivity contribution in [1.29, 1.82) is 0 Å². The average molecular weight is 329 g/mol. The first-order chi connectivity index (χ1) is 10.5. The molecule has 0 aromatic rings. The molecule has 7 nitrogen and oxygen atoms in total. The molecule has 0 saturated carbocycles. The molecule has 3 fully saturated rings. The number of hydrogen-bond acceptors (Lipinski definition) is 4. The Labute approximate surface area is 130 Å². The lowest BCUT2D eigenvalue weighted by Crippen LogP contribution is -2.46. The first-order valence-corrected chi connectivity index (χ1v) is 9.71. The van der Waals surface area contributed by atoms with E-state index in [1.54, 1.807) is 4.90 Å². The second-order valence-electron chi connectivity index (χ2n) is 6.46. The van der Waals surface area contributed by atoms with Crippen LogP contribution < -0.4 is 5.32 Å². The van der Waals surface area contributed by atoms with Crippen molar-refractivity contribution in [3.8, 4) is 0 Å². The normalized spacial score (nSPS) is 30.2. The van der Waals surface area contributed by atoms with Crippen LogP contribution >= 0.6 is 0 Å². The van der Waals surface area contributed by atoms with E-state index in [4.69, 9.17) is 0 Å². The van der Waals surface area contributed by atoms with Gasteiger partial charge in [-0.15, -0.1) is 0 Å². The van der Waals surface area contributed by atoms with E-state index in [9.17, 15) is 18.0 Å². The third-order valence-electron chi connectivity index (χ3n) is 5.00. The monoisotopic (exact) mass is 329 g/mol. The molecule has 0 unspecified atom stereocenters. The summed E-state index contributed by atoms with van der Waals surface area (Å²) in [6.45, 7) is 2.27. The molecule has 0 bridgehead atoms. The minimum atomic E-state index is -3.04. The van der Waals surface area contributed by atoms with Crippen molar-refractivity contribution < 1.29 is 18.0 Å². The number of rotatable bonds is 2. The number of nitrogens with zero attached hydrogens (tertiary/aromatic N) is 2. The average Bonchev–Trinajstić information content (AvgIpc) is 3.07. The van der Waals surface area contributed by atoms with E-state index in [1.807, 2.05) is 0 Å². The predicted molar refractivity (Wildman–Crippen MR) is 81.1 cm³/mol. The zero-order valence-electron chi connectivity index (χ0n) is 12.7. The van der Waals surface area contributed by atoms with Crippen molar-refractivity contribution in [1.82, 2.24) is 15.1 Å². The van der Waals surface area contributed by atoms with Crippen LogP contribution in [0.4, 0.5) is 4.79 Å². The number of fused-ring (bicyclic) bond motifs is 1. The zero-order valence-corrected chi connectivity index (χ0v) is 13.5. The molecule has 8 heteroatoms. The Morgan fingerprint density at radius 1 is 1.05 bits per heavy atom. The lowest BCUT2D eigenvalue weighted by atomic mass is 10.1. The number of carbonyl (C=O) groups is 2. The van der Waals surface area contributed by atoms with Crippen LogP contribution in [-0.4, -0.2) is 73.9 Å². The molecule has 3 aliphatic rings. The standard InChI is InChI=1S/C14H23N3O4S/c18-13(16-5-2-1-3-6-16)8-15-14(19)17-9-11-4-7-22(20,21)12(11)10-17/h11-12H,1-10H2,(H,15,19)/t11-,12+/m0/s1. The Morgan fingerprint density at radius 2 is 1.77 bits per heavy atom. The molecule has 124 valence electrons. The summed E-state index contributed by atoms with van der Waals surface area (Å²) in [6.07, 6.45) is 3.84. The minimum Gasteiger partial charge on any atom is -0.341 e. The van der Waals surface area contributed by atoms with Crippen LogP contribution in [-0.2, 0) is 14.6 Å². The molecular formula is C14H23N3O4S. The molecule has 0 aromatic carbocycles. The molecule has 3 rings (SSSR count). The molecular weight excluding hydrogens is 306 g/mol. The van der Waals surface area contributed by atoms with Gasteiger partial charge in [0.1, 0.15) is 0 Å². The van der Waals surface area contributed by atoms with Gasteiger partial charge in [0.25, 0.3) is 0 Å². The Morgan fingerprint density at radius 3 is 2.45 bits per heavy atom. The highest BCUT2D eigenvalue weighted by molar-refractivity contribution is 7.92. The number of likely N-dealkylation sites (tertiary alicyclic amines) is 2. The number of sulfone groups is 1. The molecule has 3 saturated heterocycles. The van der Waals surface area contributed by atoms with Gasteiger partial charge in [0, 0.05) is 26.2 Å². The Kier molecular flexibility index (Phi) is 4.29. The van der Waals surface area contributed by atoms with E-state index >= 15 is 0 Å². The summed E-state index contributed by atoms with van der Waals surface area (Å²) in [4.78, 5) is 27.5. The summed E-state index contributed by atoms with van der Waals surface area (Å²) >= 11 is 0. The van der Waals surface area contributed by atoms with Crippen LogP contribution in [0.3, 0.4) is 0 Å². The number of piperidine rings is 1. The summed E-state index contributed by atoms with van der Waals surface area (Å²) in [5.41, 5.74) is 0. The molecule has 0 aliphatic carbocycles. The van der Waals surface area contributed by atoms with Gasteiger partial charge in [0.2, 0.25) is 5.91 Å². The maximum atomic E-state index is 12.1. The molecule has 3 aliphatic heterocycles. The van der Waals surface area contributed by atoms with E-state index in [-0.39, 0.29) is 36.7 Å². The third-order valence-corrected chi connectivity index (χ3v) is 7.26. The van der Waals surface area contributed by atoms with Crippen molar-refractivity contribution in [3.63, 3.8) is 0 Å². The van der Waals surface area contributed by atoms with Crippen molar-refractivity contribution >= 4 is 21.8 Å². The van der Waals surface area contributed by atoms with E-state index in [0.717, 1.165) is 32.4 Å². The van der Waals surface area contributed by atoms with Crippen LogP contribution in [0.5, 0.6) is 0 Å². The fourth-order valence-corrected chi connectivity index (χ4v) is 5.83. The van der Waals surface area contributed by atoms with Gasteiger partial charge in [-0.1, -0.05) is 0 Å². The van der Waals surface area contributed by atoms with Crippen LogP contribution in [0.15, 0.2) is 0 Å². The molecule has 3 heterocycles. The predicted octanol–water partition coefficient (Wildman–Crippen LogP) is -0.173. The molecule has 2 atom stereocenters. The Bertz CT molecular complexity index is 556. The zero-order chi connectivity index (χ0) is 15.7. The fourth-order valence-electron chi connectivity index (χ4n) is 3.68. The summed E-state index contributed by atoms with van der Waals surface area (Å²) in [5, 5.41) is 2.23. The second kappa shape index (κ2) is 6.06. The van der Waals surface area contributed by atoms with Gasteiger partial charge in [-0.2, -0.15) is 0 Å². The van der Waals surface area contributed by atoms with Gasteiger partial charge in [-0.3, -0.25) is 4.79 Å². The van der Waals surface area contributed by atoms with Crippen molar-refractivity contribution in [3.05, 3.63) is 0 Å². The number of carbonyl (C=O) groups excluding carboxylic acids is 2. The minimum absolute atomic E-state index is 0.00256. The van der Waals surface area contributed by atoms with Crippen LogP contribution in [0, 0.1) is 5.92 Å². The van der Waals surface area contributed by atoms with Gasteiger partial charge in [-0.05, 0) is 31.6 Å². The SMILES string of the molecule is O=C(CNC(=O)N1C[C@@H]2CCS(=O)(=O)[C@@H]2C1)N1CCCCC1. The maximum Gasteiger partial charge on any atom is 0.317 e. The molecule has 3 amide bonds. The topological polar surface area (TPSA) is 86.8 Å². The highest BCUT2D eigenvalue weighted by Crippen LogP contribution is 2.33. The molecule has 0 spiro atoms. The van der Waals surface area contributed by atoms with Crippen molar-refractivity contribution in [2.75, 3.05) is 38.5 Å². The number of urea groups is 1. The van der Waals surface area contributed by atoms with E-state index in [0.29, 0.717) is 13.0 Å². The van der Waals surface area contributed by atoms with Crippen molar-refractivity contribution in [2.24, 2.45) is 5.92 Å². The van der Waals surface area contributed by atoms with Crippen LogP contribution in [0.1, 0.15) is 25.7 Å². The molecule has 0 aromatic heterocycles. The summed E-state index contributed by atoms with van der Waals surface area (Å²) in [7, 11) is -3.04. The van der Waals surface area contributed by atoms with Gasteiger partial charge < -0.3 is 15.1 Å². The van der Waals surface area contributed by atoms with Gasteiger partial charge >= 0.3 is 6.03 Å². The number of amides is 3. The summed E-state index contributed by atoms with van der Waals surface area (Å²) < 4.78 is 23.7. The summed E-state index contributed by atoms with van der Waals surface area (Å²) in [5.74, 6) is 0.249. The smallest absolute Gasteiger partial charge is 0.317 e. The number of nitrogens with one attached hydrogen (secondary N) is 1. The maximum absolute atomic E-state index is 12.1. The van der Waals surface area contributed by atoms with E-state index in [2.05, 4.69) is 5.32 Å². The highest BCUT2D eigenvalue weighted by atomic mass is 32.2. The molecule has 22 heavy (non-hydrogen) atoms. The highest BCUT2D eigenvalue weighted by Gasteiger charge is 2.47. The lowest BCUT2D eigenvalue weighted by molar-refractivity contribution is -0.130.